The number of aliphatic carboxylic acids is 1. The molecule has 1 aliphatic rings. The number of carbonyl (C=O) groups excluding carboxylic acids is 1. The largest absolute Gasteiger partial charge is 0.544 e. The van der Waals surface area contributed by atoms with Gasteiger partial charge in [0.1, 0.15) is 5.97 Å². The molecule has 0 aromatic heterocycles. The maximum absolute atomic E-state index is 10.8. The Balaban J connectivity index is 1.96. The SMILES string of the molecule is CCCCCCCCCCCCNCCN1C#CC(C)=[N+](CC(=O)[O-])CC1. The molecule has 5 heteroatoms. The van der Waals surface area contributed by atoms with Crippen LogP contribution in [-0.2, 0) is 4.79 Å². The smallest absolute Gasteiger partial charge is 0.226 e. The van der Waals surface area contributed by atoms with E-state index < -0.39 is 5.97 Å². The molecule has 0 saturated heterocycles. The average molecular weight is 378 g/mol. The first-order valence-corrected chi connectivity index (χ1v) is 10.9. The summed E-state index contributed by atoms with van der Waals surface area (Å²) in [7, 11) is 0. The Morgan fingerprint density at radius 1 is 1.07 bits per heavy atom. The molecule has 27 heavy (non-hydrogen) atoms. The molecule has 0 atom stereocenters. The van der Waals surface area contributed by atoms with Crippen molar-refractivity contribution in [2.75, 3.05) is 39.3 Å². The number of carboxylic acid groups (broad SMARTS) is 1. The van der Waals surface area contributed by atoms with E-state index in [9.17, 15) is 9.90 Å². The molecular formula is C22H39N3O2. The lowest BCUT2D eigenvalue weighted by molar-refractivity contribution is -0.526. The van der Waals surface area contributed by atoms with E-state index in [4.69, 9.17) is 0 Å². The molecule has 0 unspecified atom stereocenters. The molecule has 154 valence electrons. The van der Waals surface area contributed by atoms with Gasteiger partial charge in [0.15, 0.2) is 13.1 Å². The predicted molar refractivity (Wildman–Crippen MR) is 110 cm³/mol. The lowest BCUT2D eigenvalue weighted by Gasteiger charge is -2.16. The van der Waals surface area contributed by atoms with Crippen molar-refractivity contribution in [1.82, 2.24) is 10.2 Å². The third-order valence-electron chi connectivity index (χ3n) is 5.09. The summed E-state index contributed by atoms with van der Waals surface area (Å²) in [5.41, 5.74) is 0.806. The van der Waals surface area contributed by atoms with Gasteiger partial charge in [0.25, 0.3) is 0 Å². The first kappa shape index (κ1) is 23.5. The molecule has 0 aliphatic carbocycles. The van der Waals surface area contributed by atoms with Gasteiger partial charge in [0.05, 0.1) is 6.54 Å². The lowest BCUT2D eigenvalue weighted by atomic mass is 10.1. The Kier molecular flexibility index (Phi) is 13.5. The van der Waals surface area contributed by atoms with Crippen LogP contribution in [0, 0.1) is 12.0 Å². The summed E-state index contributed by atoms with van der Waals surface area (Å²) in [6, 6.07) is 3.13. The van der Waals surface area contributed by atoms with Crippen LogP contribution < -0.4 is 10.4 Å². The number of carbonyl (C=O) groups is 1. The van der Waals surface area contributed by atoms with Crippen molar-refractivity contribution in [3.8, 4) is 12.0 Å². The van der Waals surface area contributed by atoms with E-state index in [1.54, 1.807) is 4.58 Å². The number of unbranched alkanes of at least 4 members (excludes halogenated alkanes) is 9. The van der Waals surface area contributed by atoms with Crippen LogP contribution in [0.4, 0.5) is 0 Å². The maximum atomic E-state index is 10.8. The fourth-order valence-corrected chi connectivity index (χ4v) is 3.30. The molecular weight excluding hydrogens is 338 g/mol. The molecule has 1 N–H and O–H groups in total. The number of rotatable bonds is 16. The van der Waals surface area contributed by atoms with Crippen molar-refractivity contribution in [2.24, 2.45) is 0 Å². The molecule has 0 aromatic rings. The van der Waals surface area contributed by atoms with Crippen LogP contribution in [0.1, 0.15) is 78.1 Å². The molecule has 0 spiro atoms. The van der Waals surface area contributed by atoms with E-state index >= 15 is 0 Å². The van der Waals surface area contributed by atoms with Crippen LogP contribution in [0.2, 0.25) is 0 Å². The first-order chi connectivity index (χ1) is 13.1. The van der Waals surface area contributed by atoms with Crippen LogP contribution in [0.15, 0.2) is 0 Å². The normalized spacial score (nSPS) is 14.1. The second kappa shape index (κ2) is 15.5. The van der Waals surface area contributed by atoms with E-state index in [1.165, 1.54) is 64.2 Å². The Labute approximate surface area is 166 Å². The zero-order valence-electron chi connectivity index (χ0n) is 17.5. The summed E-state index contributed by atoms with van der Waals surface area (Å²) in [5, 5.41) is 14.3. The number of hydrogen-bond acceptors (Lipinski definition) is 4. The van der Waals surface area contributed by atoms with Crippen molar-refractivity contribution in [2.45, 2.75) is 78.1 Å². The molecule has 1 heterocycles. The van der Waals surface area contributed by atoms with E-state index in [0.717, 1.165) is 31.9 Å². The molecule has 1 aliphatic heterocycles. The topological polar surface area (TPSA) is 58.4 Å². The van der Waals surface area contributed by atoms with Crippen molar-refractivity contribution in [1.29, 1.82) is 0 Å². The van der Waals surface area contributed by atoms with Gasteiger partial charge in [0, 0.05) is 32.0 Å². The summed E-state index contributed by atoms with van der Waals surface area (Å²) in [5.74, 6) is 1.99. The van der Waals surface area contributed by atoms with Crippen molar-refractivity contribution in [3.63, 3.8) is 0 Å². The van der Waals surface area contributed by atoms with Gasteiger partial charge >= 0.3 is 0 Å². The van der Waals surface area contributed by atoms with Gasteiger partial charge in [-0.3, -0.25) is 0 Å². The zero-order valence-corrected chi connectivity index (χ0v) is 17.5. The quantitative estimate of drug-likeness (QED) is 0.254. The third-order valence-corrected chi connectivity index (χ3v) is 5.09. The van der Waals surface area contributed by atoms with Gasteiger partial charge in [-0.05, 0) is 13.0 Å². The molecule has 0 bridgehead atoms. The first-order valence-electron chi connectivity index (χ1n) is 10.9. The van der Waals surface area contributed by atoms with Crippen molar-refractivity contribution in [3.05, 3.63) is 0 Å². The van der Waals surface area contributed by atoms with E-state index in [-0.39, 0.29) is 6.54 Å². The monoisotopic (exact) mass is 377 g/mol. The van der Waals surface area contributed by atoms with Crippen LogP contribution in [0.5, 0.6) is 0 Å². The highest BCUT2D eigenvalue weighted by Crippen LogP contribution is 2.10. The highest BCUT2D eigenvalue weighted by atomic mass is 16.4. The fraction of sp³-hybridized carbons (Fsp3) is 0.818. The van der Waals surface area contributed by atoms with E-state index in [0.29, 0.717) is 6.54 Å². The molecule has 0 amide bonds. The minimum Gasteiger partial charge on any atom is -0.544 e. The molecule has 5 nitrogen and oxygen atoms in total. The summed E-state index contributed by atoms with van der Waals surface area (Å²) in [6.45, 7) is 8.34. The van der Waals surface area contributed by atoms with Crippen LogP contribution in [0.25, 0.3) is 0 Å². The number of nitrogens with one attached hydrogen (secondary N) is 1. The zero-order chi connectivity index (χ0) is 19.7. The Morgan fingerprint density at radius 3 is 2.33 bits per heavy atom. The van der Waals surface area contributed by atoms with Crippen molar-refractivity contribution >= 4 is 11.7 Å². The summed E-state index contributed by atoms with van der Waals surface area (Å²) >= 11 is 0. The molecule has 0 saturated carbocycles. The van der Waals surface area contributed by atoms with Gasteiger partial charge < -0.3 is 20.1 Å². The van der Waals surface area contributed by atoms with Gasteiger partial charge in [-0.15, -0.1) is 0 Å². The van der Waals surface area contributed by atoms with Gasteiger partial charge in [-0.1, -0.05) is 64.7 Å². The second-order valence-corrected chi connectivity index (χ2v) is 7.53. The van der Waals surface area contributed by atoms with Gasteiger partial charge in [0.2, 0.25) is 5.71 Å². The minimum atomic E-state index is -1.05. The van der Waals surface area contributed by atoms with E-state index in [2.05, 4.69) is 29.1 Å². The molecule has 0 radical (unpaired) electrons. The lowest BCUT2D eigenvalue weighted by Crippen LogP contribution is -2.38. The van der Waals surface area contributed by atoms with Gasteiger partial charge in [-0.25, -0.2) is 4.58 Å². The van der Waals surface area contributed by atoms with Crippen LogP contribution in [0.3, 0.4) is 0 Å². The van der Waals surface area contributed by atoms with Gasteiger partial charge in [-0.2, -0.15) is 0 Å². The Morgan fingerprint density at radius 2 is 1.70 bits per heavy atom. The van der Waals surface area contributed by atoms with Crippen LogP contribution >= 0.6 is 0 Å². The Bertz CT molecular complexity index is 505. The average Bonchev–Trinajstić information content (AvgIpc) is 2.81. The molecule has 0 aromatic carbocycles. The summed E-state index contributed by atoms with van der Waals surface area (Å²) in [4.78, 5) is 12.9. The third kappa shape index (κ3) is 12.5. The Hall–Kier alpha value is -1.54. The summed E-state index contributed by atoms with van der Waals surface area (Å²) < 4.78 is 1.78. The standard InChI is InChI=1S/C22H39N3O2/c1-3-4-5-6-7-8-9-10-11-12-14-23-15-17-24-16-13-21(2)25(19-18-24)20-22(26)27/h23H,3-12,14-15,17-20H2,1-2H3. The van der Waals surface area contributed by atoms with Crippen molar-refractivity contribution < 1.29 is 14.5 Å². The number of hydrogen-bond donors (Lipinski definition) is 1. The minimum absolute atomic E-state index is 0.0780. The van der Waals surface area contributed by atoms with E-state index in [1.807, 2.05) is 6.92 Å². The van der Waals surface area contributed by atoms with Crippen LogP contribution in [-0.4, -0.2) is 60.4 Å². The molecule has 0 fully saturated rings. The highest BCUT2D eigenvalue weighted by molar-refractivity contribution is 5.94. The molecule has 1 rings (SSSR count). The second-order valence-electron chi connectivity index (χ2n) is 7.53. The number of carboxylic acids is 1. The summed E-state index contributed by atoms with van der Waals surface area (Å²) in [6.07, 6.45) is 13.7. The highest BCUT2D eigenvalue weighted by Gasteiger charge is 2.14. The maximum Gasteiger partial charge on any atom is 0.226 e. The predicted octanol–water partition coefficient (Wildman–Crippen LogP) is 2.00. The fourth-order valence-electron chi connectivity index (χ4n) is 3.30. The number of nitrogens with zero attached hydrogens (tertiary/aromatic N) is 2.